The highest BCUT2D eigenvalue weighted by atomic mass is 19.1. The van der Waals surface area contributed by atoms with Gasteiger partial charge in [-0.3, -0.25) is 9.36 Å². The van der Waals surface area contributed by atoms with Gasteiger partial charge in [0.2, 0.25) is 5.82 Å². The highest BCUT2D eigenvalue weighted by Gasteiger charge is 2.20. The van der Waals surface area contributed by atoms with E-state index in [2.05, 4.69) is 9.72 Å². The quantitative estimate of drug-likeness (QED) is 0.681. The van der Waals surface area contributed by atoms with E-state index >= 15 is 0 Å². The monoisotopic (exact) mass is 298 g/mol. The van der Waals surface area contributed by atoms with Gasteiger partial charge in [0.1, 0.15) is 11.2 Å². The van der Waals surface area contributed by atoms with Gasteiger partial charge in [-0.25, -0.2) is 14.2 Å². The van der Waals surface area contributed by atoms with E-state index in [1.165, 1.54) is 25.3 Å². The summed E-state index contributed by atoms with van der Waals surface area (Å²) in [5.74, 6) is -1.65. The van der Waals surface area contributed by atoms with E-state index in [9.17, 15) is 14.0 Å². The third kappa shape index (κ3) is 2.14. The van der Waals surface area contributed by atoms with Gasteiger partial charge in [-0.1, -0.05) is 24.3 Å². The fraction of sp³-hybridized carbons (Fsp3) is 0.0625. The number of hydrogen-bond donors (Lipinski definition) is 0. The molecule has 0 unspecified atom stereocenters. The first-order chi connectivity index (χ1) is 10.6. The average molecular weight is 298 g/mol. The molecule has 1 heterocycles. The summed E-state index contributed by atoms with van der Waals surface area (Å²) in [5.41, 5.74) is -0.141. The second-order valence-electron chi connectivity index (χ2n) is 4.54. The lowest BCUT2D eigenvalue weighted by Crippen LogP contribution is -2.27. The maximum absolute atomic E-state index is 14.0. The highest BCUT2D eigenvalue weighted by Crippen LogP contribution is 2.16. The normalized spacial score (nSPS) is 10.6. The van der Waals surface area contributed by atoms with Crippen LogP contribution in [0.15, 0.2) is 53.3 Å². The molecule has 0 aliphatic carbocycles. The number of fused-ring (bicyclic) bond motifs is 1. The number of methoxy groups -OCH3 is 1. The molecule has 0 amide bonds. The van der Waals surface area contributed by atoms with Crippen LogP contribution in [0.2, 0.25) is 0 Å². The standard InChI is InChI=1S/C16H11FN2O3/c1-22-16(21)14-18-12-9-5-8-11(17)13(12)15(20)19(14)10-6-3-2-4-7-10/h2-9H,1H3. The minimum absolute atomic E-state index is 0.109. The lowest BCUT2D eigenvalue weighted by Gasteiger charge is -2.12. The predicted octanol–water partition coefficient (Wildman–Crippen LogP) is 2.31. The minimum atomic E-state index is -0.771. The molecule has 0 saturated heterocycles. The van der Waals surface area contributed by atoms with Crippen molar-refractivity contribution >= 4 is 16.9 Å². The molecule has 3 aromatic rings. The topological polar surface area (TPSA) is 61.2 Å². The van der Waals surface area contributed by atoms with E-state index in [0.717, 1.165) is 4.57 Å². The van der Waals surface area contributed by atoms with Gasteiger partial charge in [-0.05, 0) is 24.3 Å². The molecule has 0 aliphatic heterocycles. The minimum Gasteiger partial charge on any atom is -0.463 e. The van der Waals surface area contributed by atoms with Crippen molar-refractivity contribution in [2.45, 2.75) is 0 Å². The Balaban J connectivity index is 2.47. The number of carbonyl (C=O) groups is 1. The molecule has 0 atom stereocenters. The second kappa shape index (κ2) is 5.40. The number of halogens is 1. The van der Waals surface area contributed by atoms with Crippen LogP contribution >= 0.6 is 0 Å². The van der Waals surface area contributed by atoms with Crippen molar-refractivity contribution in [3.8, 4) is 5.69 Å². The van der Waals surface area contributed by atoms with E-state index in [1.807, 2.05) is 0 Å². The Kier molecular flexibility index (Phi) is 3.42. The Morgan fingerprint density at radius 3 is 2.55 bits per heavy atom. The summed E-state index contributed by atoms with van der Waals surface area (Å²) < 4.78 is 19.7. The average Bonchev–Trinajstić information content (AvgIpc) is 2.54. The van der Waals surface area contributed by atoms with E-state index in [0.29, 0.717) is 5.69 Å². The summed E-state index contributed by atoms with van der Waals surface area (Å²) in [6.07, 6.45) is 0. The zero-order valence-corrected chi connectivity index (χ0v) is 11.6. The number of ether oxygens (including phenoxy) is 1. The molecule has 22 heavy (non-hydrogen) atoms. The number of benzene rings is 2. The van der Waals surface area contributed by atoms with Crippen molar-refractivity contribution in [1.29, 1.82) is 0 Å². The molecular formula is C16H11FN2O3. The number of aromatic nitrogens is 2. The maximum Gasteiger partial charge on any atom is 0.374 e. The smallest absolute Gasteiger partial charge is 0.374 e. The number of carbonyl (C=O) groups excluding carboxylic acids is 1. The Hall–Kier alpha value is -3.02. The molecule has 0 N–H and O–H groups in total. The van der Waals surface area contributed by atoms with Crippen LogP contribution < -0.4 is 5.56 Å². The molecule has 6 heteroatoms. The molecule has 1 aromatic heterocycles. The molecule has 110 valence electrons. The first-order valence-corrected chi connectivity index (χ1v) is 6.48. The molecule has 0 radical (unpaired) electrons. The van der Waals surface area contributed by atoms with Crippen LogP contribution in [-0.2, 0) is 4.74 Å². The van der Waals surface area contributed by atoms with Crippen LogP contribution in [0.4, 0.5) is 4.39 Å². The largest absolute Gasteiger partial charge is 0.463 e. The van der Waals surface area contributed by atoms with Crippen LogP contribution in [-0.4, -0.2) is 22.6 Å². The molecule has 0 aliphatic rings. The molecule has 0 saturated carbocycles. The van der Waals surface area contributed by atoms with Gasteiger partial charge in [0, 0.05) is 0 Å². The van der Waals surface area contributed by atoms with E-state index < -0.39 is 17.3 Å². The highest BCUT2D eigenvalue weighted by molar-refractivity contribution is 5.89. The number of hydrogen-bond acceptors (Lipinski definition) is 4. The SMILES string of the molecule is COC(=O)c1nc2cccc(F)c2c(=O)n1-c1ccccc1. The molecule has 0 fully saturated rings. The fourth-order valence-electron chi connectivity index (χ4n) is 2.23. The van der Waals surface area contributed by atoms with Gasteiger partial charge in [0.05, 0.1) is 18.3 Å². The Labute approximate surface area is 124 Å². The van der Waals surface area contributed by atoms with Crippen molar-refractivity contribution in [1.82, 2.24) is 9.55 Å². The van der Waals surface area contributed by atoms with Gasteiger partial charge >= 0.3 is 5.97 Å². The molecule has 0 spiro atoms. The van der Waals surface area contributed by atoms with Crippen molar-refractivity contribution in [3.05, 3.63) is 70.5 Å². The third-order valence-corrected chi connectivity index (χ3v) is 3.23. The molecule has 3 rings (SSSR count). The lowest BCUT2D eigenvalue weighted by atomic mass is 10.2. The number of esters is 1. The predicted molar refractivity (Wildman–Crippen MR) is 78.6 cm³/mol. The van der Waals surface area contributed by atoms with Gasteiger partial charge in [-0.15, -0.1) is 0 Å². The Bertz CT molecular complexity index is 920. The van der Waals surface area contributed by atoms with Crippen LogP contribution in [0.1, 0.15) is 10.6 Å². The maximum atomic E-state index is 14.0. The second-order valence-corrected chi connectivity index (χ2v) is 4.54. The van der Waals surface area contributed by atoms with Gasteiger partial charge < -0.3 is 4.74 Å². The van der Waals surface area contributed by atoms with Crippen molar-refractivity contribution in [2.24, 2.45) is 0 Å². The number of rotatable bonds is 2. The number of para-hydroxylation sites is 1. The zero-order chi connectivity index (χ0) is 15.7. The molecule has 2 aromatic carbocycles. The number of nitrogens with zero attached hydrogens (tertiary/aromatic N) is 2. The van der Waals surface area contributed by atoms with Crippen LogP contribution in [0, 0.1) is 5.82 Å². The van der Waals surface area contributed by atoms with Gasteiger partial charge in [0.25, 0.3) is 5.56 Å². The first kappa shape index (κ1) is 13.9. The molecular weight excluding hydrogens is 287 g/mol. The van der Waals surface area contributed by atoms with E-state index in [4.69, 9.17) is 0 Å². The molecule has 0 bridgehead atoms. The lowest BCUT2D eigenvalue weighted by molar-refractivity contribution is 0.0583. The summed E-state index contributed by atoms with van der Waals surface area (Å²) in [6, 6.07) is 12.5. The Morgan fingerprint density at radius 1 is 1.14 bits per heavy atom. The first-order valence-electron chi connectivity index (χ1n) is 6.48. The van der Waals surface area contributed by atoms with E-state index in [-0.39, 0.29) is 16.7 Å². The molecule has 5 nitrogen and oxygen atoms in total. The Morgan fingerprint density at radius 2 is 1.86 bits per heavy atom. The third-order valence-electron chi connectivity index (χ3n) is 3.23. The summed E-state index contributed by atoms with van der Waals surface area (Å²) in [6.45, 7) is 0. The fourth-order valence-corrected chi connectivity index (χ4v) is 2.23. The van der Waals surface area contributed by atoms with Crippen molar-refractivity contribution < 1.29 is 13.9 Å². The summed E-state index contributed by atoms with van der Waals surface area (Å²) in [4.78, 5) is 28.7. The summed E-state index contributed by atoms with van der Waals surface area (Å²) in [5, 5.41) is -0.168. The summed E-state index contributed by atoms with van der Waals surface area (Å²) in [7, 11) is 1.19. The van der Waals surface area contributed by atoms with Crippen molar-refractivity contribution in [3.63, 3.8) is 0 Å². The van der Waals surface area contributed by atoms with Crippen molar-refractivity contribution in [2.75, 3.05) is 7.11 Å². The zero-order valence-electron chi connectivity index (χ0n) is 11.6. The van der Waals surface area contributed by atoms with Crippen LogP contribution in [0.3, 0.4) is 0 Å². The van der Waals surface area contributed by atoms with Gasteiger partial charge in [-0.2, -0.15) is 0 Å². The van der Waals surface area contributed by atoms with E-state index in [1.54, 1.807) is 30.3 Å². The van der Waals surface area contributed by atoms with Gasteiger partial charge in [0.15, 0.2) is 0 Å². The van der Waals surface area contributed by atoms with Crippen LogP contribution in [0.5, 0.6) is 0 Å². The summed E-state index contributed by atoms with van der Waals surface area (Å²) >= 11 is 0. The van der Waals surface area contributed by atoms with Crippen LogP contribution in [0.25, 0.3) is 16.6 Å².